The minimum absolute atomic E-state index is 0.114. The van der Waals surface area contributed by atoms with Crippen LogP contribution >= 0.6 is 0 Å². The molecular weight excluding hydrogens is 390 g/mol. The smallest absolute Gasteiger partial charge is 0.326 e. The number of carboxylic acid groups (broad SMARTS) is 2. The second kappa shape index (κ2) is 12.9. The zero-order chi connectivity index (χ0) is 22.6. The lowest BCUT2D eigenvalue weighted by atomic mass is 10.1. The molecule has 0 bridgehead atoms. The van der Waals surface area contributed by atoms with Crippen molar-refractivity contribution in [3.8, 4) is 0 Å². The summed E-state index contributed by atoms with van der Waals surface area (Å²) in [4.78, 5) is 61.2. The molecule has 0 spiro atoms. The SMILES string of the molecule is NC(=O)C[C@H](NC(=O)[C@@H](N)CCCN=C(N)N)C(=O)N[C@@H](CCC(=O)O)C(=O)O. The molecule has 0 unspecified atom stereocenters. The van der Waals surface area contributed by atoms with E-state index >= 15 is 0 Å². The highest BCUT2D eigenvalue weighted by Gasteiger charge is 2.29. The zero-order valence-electron chi connectivity index (χ0n) is 15.7. The van der Waals surface area contributed by atoms with Gasteiger partial charge < -0.3 is 43.8 Å². The van der Waals surface area contributed by atoms with Gasteiger partial charge in [0.15, 0.2) is 5.96 Å². The number of aliphatic imine (C=N–C) groups is 1. The van der Waals surface area contributed by atoms with Crippen LogP contribution in [0.25, 0.3) is 0 Å². The van der Waals surface area contributed by atoms with Gasteiger partial charge in [-0.3, -0.25) is 24.2 Å². The van der Waals surface area contributed by atoms with Crippen LogP contribution in [0.3, 0.4) is 0 Å². The lowest BCUT2D eigenvalue weighted by Crippen LogP contribution is -2.55. The van der Waals surface area contributed by atoms with Gasteiger partial charge in [-0.05, 0) is 19.3 Å². The Morgan fingerprint density at radius 2 is 1.48 bits per heavy atom. The van der Waals surface area contributed by atoms with Crippen LogP contribution in [0.15, 0.2) is 4.99 Å². The molecule has 0 aromatic carbocycles. The number of amides is 3. The van der Waals surface area contributed by atoms with Crippen molar-refractivity contribution in [2.45, 2.75) is 50.2 Å². The topological polar surface area (TPSA) is 266 Å². The first kappa shape index (κ1) is 25.6. The van der Waals surface area contributed by atoms with E-state index in [1.54, 1.807) is 0 Å². The van der Waals surface area contributed by atoms with Gasteiger partial charge in [-0.2, -0.15) is 0 Å². The standard InChI is InChI=1S/C15H27N7O7/c16-7(2-1-5-20-15(18)19)12(26)22-9(6-10(17)23)13(27)21-8(14(28)29)3-4-11(24)25/h7-9H,1-6,16H2,(H2,17,23)(H,21,27)(H,22,26)(H,24,25)(H,28,29)(H4,18,19,20)/t7-,8-,9-/m0/s1. The Labute approximate surface area is 166 Å². The molecule has 0 heterocycles. The van der Waals surface area contributed by atoms with Crippen LogP contribution in [0.4, 0.5) is 0 Å². The number of nitrogens with two attached hydrogens (primary N) is 4. The van der Waals surface area contributed by atoms with Gasteiger partial charge in [0.25, 0.3) is 0 Å². The van der Waals surface area contributed by atoms with E-state index in [-0.39, 0.29) is 18.9 Å². The van der Waals surface area contributed by atoms with Crippen molar-refractivity contribution in [1.82, 2.24) is 10.6 Å². The molecule has 0 aliphatic carbocycles. The van der Waals surface area contributed by atoms with Gasteiger partial charge in [0.1, 0.15) is 12.1 Å². The fraction of sp³-hybridized carbons (Fsp3) is 0.600. The van der Waals surface area contributed by atoms with Crippen molar-refractivity contribution >= 4 is 35.6 Å². The van der Waals surface area contributed by atoms with Gasteiger partial charge in [-0.25, -0.2) is 4.79 Å². The van der Waals surface area contributed by atoms with Crippen molar-refractivity contribution in [1.29, 1.82) is 0 Å². The molecule has 0 rings (SSSR count). The van der Waals surface area contributed by atoms with Gasteiger partial charge in [-0.1, -0.05) is 0 Å². The summed E-state index contributed by atoms with van der Waals surface area (Å²) < 4.78 is 0. The van der Waals surface area contributed by atoms with E-state index in [0.29, 0.717) is 6.42 Å². The molecule has 0 aromatic rings. The molecule has 29 heavy (non-hydrogen) atoms. The van der Waals surface area contributed by atoms with Crippen molar-refractivity contribution in [3.63, 3.8) is 0 Å². The number of guanidine groups is 1. The lowest BCUT2D eigenvalue weighted by molar-refractivity contribution is -0.143. The van der Waals surface area contributed by atoms with Crippen LogP contribution in [0, 0.1) is 0 Å². The first-order chi connectivity index (χ1) is 13.4. The summed E-state index contributed by atoms with van der Waals surface area (Å²) in [5.41, 5.74) is 21.1. The van der Waals surface area contributed by atoms with Crippen LogP contribution in [0.5, 0.6) is 0 Å². The minimum Gasteiger partial charge on any atom is -0.481 e. The number of primary amides is 1. The van der Waals surface area contributed by atoms with Crippen LogP contribution in [-0.4, -0.2) is 70.5 Å². The summed E-state index contributed by atoms with van der Waals surface area (Å²) in [6, 6.07) is -4.05. The molecule has 164 valence electrons. The Balaban J connectivity index is 4.95. The Morgan fingerprint density at radius 3 is 1.97 bits per heavy atom. The Bertz CT molecular complexity index is 649. The van der Waals surface area contributed by atoms with Crippen molar-refractivity contribution < 1.29 is 34.2 Å². The van der Waals surface area contributed by atoms with E-state index in [2.05, 4.69) is 15.6 Å². The van der Waals surface area contributed by atoms with Crippen molar-refractivity contribution in [2.24, 2.45) is 27.9 Å². The number of carbonyl (C=O) groups is 5. The highest BCUT2D eigenvalue weighted by atomic mass is 16.4. The average Bonchev–Trinajstić information content (AvgIpc) is 2.60. The summed E-state index contributed by atoms with van der Waals surface area (Å²) in [6.45, 7) is 0.235. The fourth-order valence-corrected chi connectivity index (χ4v) is 2.14. The molecule has 14 heteroatoms. The molecule has 3 atom stereocenters. The number of rotatable bonds is 14. The van der Waals surface area contributed by atoms with Crippen molar-refractivity contribution in [2.75, 3.05) is 6.54 Å². The number of carbonyl (C=O) groups excluding carboxylic acids is 3. The zero-order valence-corrected chi connectivity index (χ0v) is 15.7. The van der Waals surface area contributed by atoms with Gasteiger partial charge in [0, 0.05) is 13.0 Å². The molecule has 3 amide bonds. The van der Waals surface area contributed by atoms with Gasteiger partial charge in [0.2, 0.25) is 17.7 Å². The molecule has 0 saturated heterocycles. The maximum absolute atomic E-state index is 12.3. The number of aliphatic carboxylic acids is 2. The molecule has 0 aromatic heterocycles. The van der Waals surface area contributed by atoms with E-state index in [9.17, 15) is 24.0 Å². The summed E-state index contributed by atoms with van der Waals surface area (Å²) >= 11 is 0. The summed E-state index contributed by atoms with van der Waals surface area (Å²) in [5.74, 6) is -5.54. The number of hydrogen-bond donors (Lipinski definition) is 8. The van der Waals surface area contributed by atoms with Crippen LogP contribution in [0.2, 0.25) is 0 Å². The van der Waals surface area contributed by atoms with Crippen LogP contribution in [0.1, 0.15) is 32.1 Å². The number of nitrogens with one attached hydrogen (secondary N) is 2. The monoisotopic (exact) mass is 417 g/mol. The second-order valence-electron chi connectivity index (χ2n) is 6.12. The average molecular weight is 417 g/mol. The van der Waals surface area contributed by atoms with E-state index in [4.69, 9.17) is 33.1 Å². The highest BCUT2D eigenvalue weighted by Crippen LogP contribution is 2.02. The van der Waals surface area contributed by atoms with Gasteiger partial charge >= 0.3 is 11.9 Å². The predicted octanol–water partition coefficient (Wildman–Crippen LogP) is -3.84. The Morgan fingerprint density at radius 1 is 0.897 bits per heavy atom. The van der Waals surface area contributed by atoms with E-state index < -0.39 is 67.0 Å². The molecule has 12 N–H and O–H groups in total. The molecule has 0 fully saturated rings. The van der Waals surface area contributed by atoms with E-state index in [1.807, 2.05) is 0 Å². The van der Waals surface area contributed by atoms with E-state index in [1.165, 1.54) is 0 Å². The van der Waals surface area contributed by atoms with Crippen LogP contribution in [-0.2, 0) is 24.0 Å². The van der Waals surface area contributed by atoms with Gasteiger partial charge in [0.05, 0.1) is 12.5 Å². The Hall–Kier alpha value is -3.42. The molecule has 0 aliphatic rings. The summed E-state index contributed by atoms with van der Waals surface area (Å²) in [7, 11) is 0. The number of hydrogen-bond acceptors (Lipinski definition) is 7. The second-order valence-corrected chi connectivity index (χ2v) is 6.12. The third kappa shape index (κ3) is 11.8. The molecule has 14 nitrogen and oxygen atoms in total. The molecule has 0 aliphatic heterocycles. The van der Waals surface area contributed by atoms with Crippen molar-refractivity contribution in [3.05, 3.63) is 0 Å². The number of carboxylic acids is 2. The lowest BCUT2D eigenvalue weighted by Gasteiger charge is -2.22. The largest absolute Gasteiger partial charge is 0.481 e. The fourth-order valence-electron chi connectivity index (χ4n) is 2.14. The Kier molecular flexibility index (Phi) is 11.4. The molecule has 0 radical (unpaired) electrons. The normalized spacial score (nSPS) is 13.4. The quantitative estimate of drug-likeness (QED) is 0.0774. The maximum atomic E-state index is 12.3. The maximum Gasteiger partial charge on any atom is 0.326 e. The molecule has 0 saturated carbocycles. The summed E-state index contributed by atoms with van der Waals surface area (Å²) in [5, 5.41) is 22.1. The molecular formula is C15H27N7O7. The van der Waals surface area contributed by atoms with E-state index in [0.717, 1.165) is 0 Å². The first-order valence-corrected chi connectivity index (χ1v) is 8.58. The van der Waals surface area contributed by atoms with Crippen LogP contribution < -0.4 is 33.6 Å². The minimum atomic E-state index is -1.53. The highest BCUT2D eigenvalue weighted by molar-refractivity contribution is 5.94. The van der Waals surface area contributed by atoms with Gasteiger partial charge in [-0.15, -0.1) is 0 Å². The third-order valence-electron chi connectivity index (χ3n) is 3.60. The third-order valence-corrected chi connectivity index (χ3v) is 3.60. The first-order valence-electron chi connectivity index (χ1n) is 8.58. The summed E-state index contributed by atoms with van der Waals surface area (Å²) in [6.07, 6.45) is -0.967. The predicted molar refractivity (Wildman–Crippen MR) is 100 cm³/mol. The number of nitrogens with zero attached hydrogens (tertiary/aromatic N) is 1.